The number of anilines is 1. The first-order valence-electron chi connectivity index (χ1n) is 7.91. The van der Waals surface area contributed by atoms with Crippen LogP contribution in [-0.4, -0.2) is 37.2 Å². The second-order valence-electron chi connectivity index (χ2n) is 6.17. The van der Waals surface area contributed by atoms with Crippen LogP contribution in [0.15, 0.2) is 24.3 Å². The summed E-state index contributed by atoms with van der Waals surface area (Å²) in [6.45, 7) is 5.82. The number of benzene rings is 1. The molecule has 4 nitrogen and oxygen atoms in total. The Morgan fingerprint density at radius 1 is 1.29 bits per heavy atom. The summed E-state index contributed by atoms with van der Waals surface area (Å²) < 4.78 is 5.70. The maximum absolute atomic E-state index is 12.6. The summed E-state index contributed by atoms with van der Waals surface area (Å²) in [6.07, 6.45) is 3.34. The molecule has 1 aromatic rings. The van der Waals surface area contributed by atoms with Gasteiger partial charge in [0.15, 0.2) is 0 Å². The van der Waals surface area contributed by atoms with Crippen LogP contribution in [0.3, 0.4) is 0 Å². The molecular formula is C17H24N2O2. The minimum atomic E-state index is -0.0782. The van der Waals surface area contributed by atoms with Gasteiger partial charge in [-0.25, -0.2) is 0 Å². The molecule has 21 heavy (non-hydrogen) atoms. The molecule has 0 bridgehead atoms. The number of hydrogen-bond donors (Lipinski definition) is 1. The van der Waals surface area contributed by atoms with Crippen molar-refractivity contribution in [3.63, 3.8) is 0 Å². The van der Waals surface area contributed by atoms with Crippen molar-refractivity contribution >= 4 is 11.6 Å². The number of amides is 1. The van der Waals surface area contributed by atoms with E-state index in [1.807, 2.05) is 17.0 Å². The first-order valence-corrected chi connectivity index (χ1v) is 7.91. The Balaban J connectivity index is 1.61. The number of rotatable bonds is 4. The second kappa shape index (κ2) is 6.16. The highest BCUT2D eigenvalue weighted by Crippen LogP contribution is 2.23. The zero-order valence-corrected chi connectivity index (χ0v) is 12.8. The van der Waals surface area contributed by atoms with Crippen LogP contribution in [-0.2, 0) is 9.53 Å². The molecule has 0 spiro atoms. The zero-order chi connectivity index (χ0) is 14.8. The number of hydrogen-bond acceptors (Lipinski definition) is 3. The van der Waals surface area contributed by atoms with E-state index in [-0.39, 0.29) is 24.1 Å². The van der Waals surface area contributed by atoms with E-state index in [1.165, 1.54) is 5.56 Å². The van der Waals surface area contributed by atoms with Crippen molar-refractivity contribution in [1.29, 1.82) is 0 Å². The van der Waals surface area contributed by atoms with Gasteiger partial charge in [0.1, 0.15) is 0 Å². The van der Waals surface area contributed by atoms with E-state index in [0.717, 1.165) is 38.1 Å². The van der Waals surface area contributed by atoms with Crippen molar-refractivity contribution in [2.24, 2.45) is 0 Å². The standard InChI is InChI=1S/C17H24N2O2/c1-12-5-7-14(8-6-12)19-10-9-15(17(19)20)18-13(2)16-4-3-11-21-16/h5-8,13,15-16,18H,3-4,9-11H2,1-2H3/t13-,15-,16+/m0/s1. The number of carbonyl (C=O) groups excluding carboxylic acids is 1. The van der Waals surface area contributed by atoms with Gasteiger partial charge < -0.3 is 15.0 Å². The summed E-state index contributed by atoms with van der Waals surface area (Å²) in [7, 11) is 0. The van der Waals surface area contributed by atoms with E-state index in [1.54, 1.807) is 0 Å². The molecule has 1 amide bonds. The van der Waals surface area contributed by atoms with Gasteiger partial charge in [-0.05, 0) is 45.2 Å². The lowest BCUT2D eigenvalue weighted by molar-refractivity contribution is -0.119. The van der Waals surface area contributed by atoms with Gasteiger partial charge in [-0.2, -0.15) is 0 Å². The van der Waals surface area contributed by atoms with Crippen molar-refractivity contribution < 1.29 is 9.53 Å². The molecule has 2 aliphatic rings. The van der Waals surface area contributed by atoms with Crippen LogP contribution in [0.5, 0.6) is 0 Å². The summed E-state index contributed by atoms with van der Waals surface area (Å²) in [4.78, 5) is 14.5. The van der Waals surface area contributed by atoms with Gasteiger partial charge in [-0.3, -0.25) is 4.79 Å². The molecule has 4 heteroatoms. The monoisotopic (exact) mass is 288 g/mol. The Hall–Kier alpha value is -1.39. The van der Waals surface area contributed by atoms with E-state index in [4.69, 9.17) is 4.74 Å². The van der Waals surface area contributed by atoms with Crippen LogP contribution < -0.4 is 10.2 Å². The average Bonchev–Trinajstić information content (AvgIpc) is 3.11. The molecule has 0 saturated carbocycles. The molecule has 0 aromatic heterocycles. The maximum atomic E-state index is 12.6. The minimum Gasteiger partial charge on any atom is -0.377 e. The lowest BCUT2D eigenvalue weighted by Crippen LogP contribution is -2.47. The minimum absolute atomic E-state index is 0.0782. The van der Waals surface area contributed by atoms with Gasteiger partial charge in [0.2, 0.25) is 5.91 Å². The summed E-state index contributed by atoms with van der Waals surface area (Å²) in [6, 6.07) is 8.32. The lowest BCUT2D eigenvalue weighted by atomic mass is 10.1. The van der Waals surface area contributed by atoms with Crippen molar-refractivity contribution in [3.8, 4) is 0 Å². The lowest BCUT2D eigenvalue weighted by Gasteiger charge is -2.24. The van der Waals surface area contributed by atoms with Crippen LogP contribution in [0, 0.1) is 6.92 Å². The van der Waals surface area contributed by atoms with Crippen LogP contribution in [0.1, 0.15) is 31.7 Å². The van der Waals surface area contributed by atoms with Crippen LogP contribution in [0.25, 0.3) is 0 Å². The van der Waals surface area contributed by atoms with Crippen LogP contribution in [0.4, 0.5) is 5.69 Å². The molecule has 0 unspecified atom stereocenters. The van der Waals surface area contributed by atoms with Crippen LogP contribution in [0.2, 0.25) is 0 Å². The van der Waals surface area contributed by atoms with Gasteiger partial charge >= 0.3 is 0 Å². The first kappa shape index (κ1) is 14.5. The van der Waals surface area contributed by atoms with E-state index < -0.39 is 0 Å². The Morgan fingerprint density at radius 3 is 2.71 bits per heavy atom. The molecule has 2 saturated heterocycles. The highest BCUT2D eigenvalue weighted by atomic mass is 16.5. The predicted molar refractivity (Wildman–Crippen MR) is 83.5 cm³/mol. The van der Waals surface area contributed by atoms with E-state index in [0.29, 0.717) is 0 Å². The van der Waals surface area contributed by atoms with Crippen LogP contribution >= 0.6 is 0 Å². The number of aryl methyl sites for hydroxylation is 1. The first-order chi connectivity index (χ1) is 10.1. The summed E-state index contributed by atoms with van der Waals surface area (Å²) >= 11 is 0. The van der Waals surface area contributed by atoms with Gasteiger partial charge in [0.25, 0.3) is 0 Å². The molecule has 2 fully saturated rings. The quantitative estimate of drug-likeness (QED) is 0.924. The Morgan fingerprint density at radius 2 is 2.05 bits per heavy atom. The predicted octanol–water partition coefficient (Wildman–Crippen LogP) is 2.26. The normalized spacial score (nSPS) is 27.3. The maximum Gasteiger partial charge on any atom is 0.244 e. The van der Waals surface area contributed by atoms with Crippen molar-refractivity contribution in [1.82, 2.24) is 5.32 Å². The molecule has 3 rings (SSSR count). The third-order valence-electron chi connectivity index (χ3n) is 4.54. The third kappa shape index (κ3) is 3.11. The second-order valence-corrected chi connectivity index (χ2v) is 6.17. The van der Waals surface area contributed by atoms with Gasteiger partial charge in [-0.15, -0.1) is 0 Å². The van der Waals surface area contributed by atoms with Crippen molar-refractivity contribution in [3.05, 3.63) is 29.8 Å². The fourth-order valence-electron chi connectivity index (χ4n) is 3.24. The zero-order valence-electron chi connectivity index (χ0n) is 12.8. The van der Waals surface area contributed by atoms with Gasteiger partial charge in [-0.1, -0.05) is 17.7 Å². The third-order valence-corrected chi connectivity index (χ3v) is 4.54. The molecular weight excluding hydrogens is 264 g/mol. The number of carbonyl (C=O) groups is 1. The van der Waals surface area contributed by atoms with Gasteiger partial charge in [0, 0.05) is 24.9 Å². The molecule has 1 aromatic carbocycles. The largest absolute Gasteiger partial charge is 0.377 e. The molecule has 0 radical (unpaired) electrons. The Kier molecular flexibility index (Phi) is 4.27. The highest BCUT2D eigenvalue weighted by molar-refractivity contribution is 5.99. The van der Waals surface area contributed by atoms with E-state index >= 15 is 0 Å². The Bertz CT molecular complexity index is 494. The SMILES string of the molecule is Cc1ccc(N2CC[C@H](N[C@@H](C)[C@H]3CCCO3)C2=O)cc1. The average molecular weight is 288 g/mol. The van der Waals surface area contributed by atoms with Crippen molar-refractivity contribution in [2.45, 2.75) is 51.3 Å². The fourth-order valence-corrected chi connectivity index (χ4v) is 3.24. The summed E-state index contributed by atoms with van der Waals surface area (Å²) in [5.74, 6) is 0.184. The topological polar surface area (TPSA) is 41.6 Å². The molecule has 1 N–H and O–H groups in total. The number of nitrogens with one attached hydrogen (secondary N) is 1. The molecule has 0 aliphatic carbocycles. The summed E-state index contributed by atoms with van der Waals surface area (Å²) in [5.41, 5.74) is 2.21. The molecule has 2 aliphatic heterocycles. The highest BCUT2D eigenvalue weighted by Gasteiger charge is 2.35. The fraction of sp³-hybridized carbons (Fsp3) is 0.588. The van der Waals surface area contributed by atoms with E-state index in [9.17, 15) is 4.79 Å². The van der Waals surface area contributed by atoms with Crippen molar-refractivity contribution in [2.75, 3.05) is 18.1 Å². The molecule has 3 atom stereocenters. The number of nitrogens with zero attached hydrogens (tertiary/aromatic N) is 1. The smallest absolute Gasteiger partial charge is 0.244 e. The summed E-state index contributed by atoms with van der Waals surface area (Å²) in [5, 5.41) is 3.47. The number of ether oxygens (including phenoxy) is 1. The van der Waals surface area contributed by atoms with Gasteiger partial charge in [0.05, 0.1) is 12.1 Å². The Labute approximate surface area is 126 Å². The molecule has 2 heterocycles. The molecule has 114 valence electrons. The van der Waals surface area contributed by atoms with E-state index in [2.05, 4.69) is 31.3 Å².